The molecule has 0 bridgehead atoms. The minimum atomic E-state index is -4.46. The fourth-order valence-electron chi connectivity index (χ4n) is 2.35. The number of Topliss-reactive ketones (excluding diaryl/α,β-unsaturated/α-hetero) is 1. The number of hydrogen-bond acceptors (Lipinski definition) is 3. The molecule has 0 aromatic heterocycles. The molecular weight excluding hydrogens is 318 g/mol. The van der Waals surface area contributed by atoms with Gasteiger partial charge in [-0.1, -0.05) is 12.1 Å². The maximum absolute atomic E-state index is 12.5. The van der Waals surface area contributed by atoms with Gasteiger partial charge >= 0.3 is 6.18 Å². The molecule has 120 valence electrons. The summed E-state index contributed by atoms with van der Waals surface area (Å²) in [5.74, 6) is -0.941. The van der Waals surface area contributed by atoms with Crippen molar-refractivity contribution in [1.82, 2.24) is 5.06 Å². The van der Waals surface area contributed by atoms with Crippen molar-refractivity contribution < 1.29 is 27.4 Å². The summed E-state index contributed by atoms with van der Waals surface area (Å²) < 4.78 is 42.8. The van der Waals surface area contributed by atoms with Crippen molar-refractivity contribution in [2.75, 3.05) is 13.2 Å². The first-order chi connectivity index (χ1) is 10.2. The van der Waals surface area contributed by atoms with E-state index >= 15 is 0 Å². The topological polar surface area (TPSA) is 46.6 Å². The average Bonchev–Trinajstić information content (AvgIpc) is 2.76. The van der Waals surface area contributed by atoms with Gasteiger partial charge in [-0.2, -0.15) is 13.2 Å². The molecule has 0 aliphatic carbocycles. The summed E-state index contributed by atoms with van der Waals surface area (Å²) in [6.45, 7) is 3.54. The molecule has 2 rings (SSSR count). The SMILES string of the molecule is CPON1CC[C@@](C)(C(=O)c2ccc(C(F)(F)F)cc2)C1=O. The van der Waals surface area contributed by atoms with Crippen LogP contribution in [-0.2, 0) is 15.6 Å². The Morgan fingerprint density at radius 3 is 2.41 bits per heavy atom. The number of carbonyl (C=O) groups excluding carboxylic acids is 2. The molecule has 1 aliphatic rings. The first kappa shape index (κ1) is 16.9. The van der Waals surface area contributed by atoms with Crippen LogP contribution in [-0.4, -0.2) is 30.0 Å². The number of amides is 1. The summed E-state index contributed by atoms with van der Waals surface area (Å²) in [6, 6.07) is 3.90. The average molecular weight is 333 g/mol. The molecule has 1 aromatic carbocycles. The highest BCUT2D eigenvalue weighted by Crippen LogP contribution is 2.37. The molecule has 1 unspecified atom stereocenters. The number of halogens is 3. The monoisotopic (exact) mass is 333 g/mol. The summed E-state index contributed by atoms with van der Waals surface area (Å²) in [4.78, 5) is 24.8. The largest absolute Gasteiger partial charge is 0.416 e. The number of hydroxylamine groups is 2. The lowest BCUT2D eigenvalue weighted by Gasteiger charge is -2.21. The van der Waals surface area contributed by atoms with Gasteiger partial charge in [0.05, 0.1) is 12.1 Å². The van der Waals surface area contributed by atoms with Crippen molar-refractivity contribution in [3.63, 3.8) is 0 Å². The van der Waals surface area contributed by atoms with E-state index in [1.807, 2.05) is 0 Å². The van der Waals surface area contributed by atoms with E-state index in [-0.39, 0.29) is 20.8 Å². The number of hydrogen-bond donors (Lipinski definition) is 0. The zero-order chi connectivity index (χ0) is 16.5. The van der Waals surface area contributed by atoms with E-state index in [0.29, 0.717) is 6.54 Å². The smallest absolute Gasteiger partial charge is 0.293 e. The highest BCUT2D eigenvalue weighted by atomic mass is 31.1. The standard InChI is InChI=1S/C14H15F3NO3P/c1-13(7-8-18(12(13)20)21-22-2)11(19)9-3-5-10(6-4-9)14(15,16)17/h3-6,22H,7-8H2,1-2H3/t13-/m0/s1. The van der Waals surface area contributed by atoms with E-state index in [0.717, 1.165) is 29.3 Å². The Morgan fingerprint density at radius 2 is 1.91 bits per heavy atom. The lowest BCUT2D eigenvalue weighted by Crippen LogP contribution is -2.37. The molecule has 22 heavy (non-hydrogen) atoms. The summed E-state index contributed by atoms with van der Waals surface area (Å²) >= 11 is 0. The molecule has 1 saturated heterocycles. The van der Waals surface area contributed by atoms with Gasteiger partial charge in [0.25, 0.3) is 5.91 Å². The second kappa shape index (κ2) is 5.97. The molecule has 2 atom stereocenters. The summed E-state index contributed by atoms with van der Waals surface area (Å²) in [7, 11) is 0.0744. The van der Waals surface area contributed by atoms with Crippen molar-refractivity contribution in [1.29, 1.82) is 0 Å². The van der Waals surface area contributed by atoms with E-state index in [2.05, 4.69) is 0 Å². The molecule has 1 aromatic rings. The maximum Gasteiger partial charge on any atom is 0.416 e. The minimum absolute atomic E-state index is 0.0744. The Morgan fingerprint density at radius 1 is 1.32 bits per heavy atom. The van der Waals surface area contributed by atoms with Crippen molar-refractivity contribution in [2.24, 2.45) is 5.41 Å². The maximum atomic E-state index is 12.5. The van der Waals surface area contributed by atoms with Crippen LogP contribution in [0.3, 0.4) is 0 Å². The molecule has 0 radical (unpaired) electrons. The number of nitrogens with zero attached hydrogens (tertiary/aromatic N) is 1. The van der Waals surface area contributed by atoms with Gasteiger partial charge in [0.15, 0.2) is 5.78 Å². The lowest BCUT2D eigenvalue weighted by molar-refractivity contribution is -0.153. The number of rotatable bonds is 4. The number of ketones is 1. The van der Waals surface area contributed by atoms with Crippen molar-refractivity contribution in [3.05, 3.63) is 35.4 Å². The Labute approximate surface area is 127 Å². The van der Waals surface area contributed by atoms with Gasteiger partial charge in [-0.25, -0.2) is 5.06 Å². The van der Waals surface area contributed by atoms with E-state index in [9.17, 15) is 22.8 Å². The van der Waals surface area contributed by atoms with Gasteiger partial charge in [-0.3, -0.25) is 14.2 Å². The van der Waals surface area contributed by atoms with Crippen LogP contribution < -0.4 is 0 Å². The Kier molecular flexibility index (Phi) is 4.59. The van der Waals surface area contributed by atoms with Crippen LogP contribution in [0.2, 0.25) is 0 Å². The van der Waals surface area contributed by atoms with E-state index in [1.54, 1.807) is 6.66 Å². The summed E-state index contributed by atoms with van der Waals surface area (Å²) in [6.07, 6.45) is -4.18. The predicted molar refractivity (Wildman–Crippen MR) is 75.5 cm³/mol. The number of alkyl halides is 3. The quantitative estimate of drug-likeness (QED) is 0.483. The molecule has 1 fully saturated rings. The van der Waals surface area contributed by atoms with Gasteiger partial charge in [0, 0.05) is 14.4 Å². The molecule has 1 amide bonds. The van der Waals surface area contributed by atoms with Crippen molar-refractivity contribution in [3.8, 4) is 0 Å². The van der Waals surface area contributed by atoms with Crippen molar-refractivity contribution in [2.45, 2.75) is 19.5 Å². The van der Waals surface area contributed by atoms with Crippen LogP contribution in [0.4, 0.5) is 13.2 Å². The van der Waals surface area contributed by atoms with Crippen LogP contribution in [0, 0.1) is 5.41 Å². The highest BCUT2D eigenvalue weighted by molar-refractivity contribution is 7.31. The van der Waals surface area contributed by atoms with E-state index < -0.39 is 28.8 Å². The lowest BCUT2D eigenvalue weighted by atomic mass is 9.81. The van der Waals surface area contributed by atoms with Crippen LogP contribution in [0.25, 0.3) is 0 Å². The van der Waals surface area contributed by atoms with E-state index in [1.165, 1.54) is 6.92 Å². The highest BCUT2D eigenvalue weighted by Gasteiger charge is 2.49. The third-order valence-electron chi connectivity index (χ3n) is 3.69. The van der Waals surface area contributed by atoms with Crippen LogP contribution in [0.5, 0.6) is 0 Å². The first-order valence-corrected chi connectivity index (χ1v) is 7.98. The predicted octanol–water partition coefficient (Wildman–Crippen LogP) is 3.28. The normalized spacial score (nSPS) is 22.8. The molecule has 1 heterocycles. The fourth-order valence-corrected chi connectivity index (χ4v) is 2.74. The van der Waals surface area contributed by atoms with Crippen LogP contribution in [0.1, 0.15) is 29.3 Å². The minimum Gasteiger partial charge on any atom is -0.293 e. The molecular formula is C14H15F3NO3P. The zero-order valence-corrected chi connectivity index (χ0v) is 13.0. The number of benzene rings is 1. The summed E-state index contributed by atoms with van der Waals surface area (Å²) in [5.41, 5.74) is -2.03. The van der Waals surface area contributed by atoms with Crippen molar-refractivity contribution >= 4 is 20.5 Å². The molecule has 1 aliphatic heterocycles. The Balaban J connectivity index is 2.23. The Hall–Kier alpha value is -1.46. The second-order valence-corrected chi connectivity index (χ2v) is 5.78. The third-order valence-corrected chi connectivity index (χ3v) is 4.09. The van der Waals surface area contributed by atoms with Gasteiger partial charge in [0.1, 0.15) is 5.41 Å². The Bertz CT molecular complexity index is 588. The van der Waals surface area contributed by atoms with Gasteiger partial charge < -0.3 is 0 Å². The van der Waals surface area contributed by atoms with Crippen LogP contribution >= 0.6 is 8.81 Å². The first-order valence-electron chi connectivity index (χ1n) is 6.58. The molecule has 8 heteroatoms. The second-order valence-electron chi connectivity index (χ2n) is 5.19. The molecule has 0 N–H and O–H groups in total. The molecule has 4 nitrogen and oxygen atoms in total. The van der Waals surface area contributed by atoms with E-state index in [4.69, 9.17) is 4.62 Å². The zero-order valence-electron chi connectivity index (χ0n) is 12.0. The van der Waals surface area contributed by atoms with Crippen LogP contribution in [0.15, 0.2) is 24.3 Å². The van der Waals surface area contributed by atoms with Gasteiger partial charge in [-0.05, 0) is 32.1 Å². The fraction of sp³-hybridized carbons (Fsp3) is 0.429. The molecule has 0 saturated carbocycles. The number of carbonyl (C=O) groups is 2. The van der Waals surface area contributed by atoms with Gasteiger partial charge in [0.2, 0.25) is 0 Å². The van der Waals surface area contributed by atoms with Gasteiger partial charge in [-0.15, -0.1) is 0 Å². The third kappa shape index (κ3) is 3.01. The summed E-state index contributed by atoms with van der Waals surface area (Å²) in [5, 5.41) is 1.15. The molecule has 0 spiro atoms.